The monoisotopic (exact) mass is 506 g/mol. The molecule has 3 aromatic carbocycles. The summed E-state index contributed by atoms with van der Waals surface area (Å²) < 4.78 is 27.6. The lowest BCUT2D eigenvalue weighted by Crippen LogP contribution is -2.42. The molecule has 0 aliphatic carbocycles. The van der Waals surface area contributed by atoms with Crippen LogP contribution in [0.4, 0.5) is 0 Å². The molecule has 0 aliphatic rings. The van der Waals surface area contributed by atoms with Crippen LogP contribution in [0, 0.1) is 0 Å². The Morgan fingerprint density at radius 2 is 1.58 bits per heavy atom. The van der Waals surface area contributed by atoms with Gasteiger partial charge in [-0.1, -0.05) is 65.7 Å². The van der Waals surface area contributed by atoms with Crippen molar-refractivity contribution in [1.82, 2.24) is 10.0 Å². The third-order valence-corrected chi connectivity index (χ3v) is 6.78. The zero-order valence-electron chi connectivity index (χ0n) is 17.2. The van der Waals surface area contributed by atoms with Gasteiger partial charge in [0.1, 0.15) is 6.04 Å². The first kappa shape index (κ1) is 24.7. The van der Waals surface area contributed by atoms with Gasteiger partial charge in [-0.2, -0.15) is 4.72 Å². The van der Waals surface area contributed by atoms with Gasteiger partial charge >= 0.3 is 5.97 Å². The Labute approximate surface area is 201 Å². The largest absolute Gasteiger partial charge is 0.480 e. The van der Waals surface area contributed by atoms with E-state index in [4.69, 9.17) is 23.2 Å². The number of sulfonamides is 1. The molecule has 0 aliphatic heterocycles. The van der Waals surface area contributed by atoms with Crippen molar-refractivity contribution in [2.24, 2.45) is 0 Å². The van der Waals surface area contributed by atoms with E-state index in [1.54, 1.807) is 36.4 Å². The van der Waals surface area contributed by atoms with Crippen LogP contribution in [0.25, 0.3) is 0 Å². The van der Waals surface area contributed by atoms with Crippen LogP contribution in [0.15, 0.2) is 77.7 Å². The lowest BCUT2D eigenvalue weighted by atomic mass is 10.1. The summed E-state index contributed by atoms with van der Waals surface area (Å²) in [5.41, 5.74) is 1.61. The lowest BCUT2D eigenvalue weighted by Gasteiger charge is -2.15. The molecule has 3 aromatic rings. The molecule has 0 radical (unpaired) electrons. The number of aliphatic carboxylic acids is 1. The molecule has 0 unspecified atom stereocenters. The number of carboxylic acid groups (broad SMARTS) is 1. The van der Waals surface area contributed by atoms with Crippen molar-refractivity contribution in [3.05, 3.63) is 99.5 Å². The number of hydrogen-bond donors (Lipinski definition) is 3. The maximum atomic E-state index is 12.7. The molecular formula is C23H20Cl2N2O5S. The van der Waals surface area contributed by atoms with Crippen molar-refractivity contribution in [2.45, 2.75) is 23.9 Å². The molecule has 1 amide bonds. The average Bonchev–Trinajstić information content (AvgIpc) is 2.78. The molecular weight excluding hydrogens is 487 g/mol. The second-order valence-electron chi connectivity index (χ2n) is 7.15. The van der Waals surface area contributed by atoms with Crippen molar-refractivity contribution in [3.63, 3.8) is 0 Å². The van der Waals surface area contributed by atoms with Crippen molar-refractivity contribution >= 4 is 45.1 Å². The number of nitrogens with one attached hydrogen (secondary N) is 2. The summed E-state index contributed by atoms with van der Waals surface area (Å²) in [5, 5.41) is 12.8. The van der Waals surface area contributed by atoms with Gasteiger partial charge in [0.25, 0.3) is 5.91 Å². The van der Waals surface area contributed by atoms with Gasteiger partial charge in [0, 0.05) is 11.6 Å². The van der Waals surface area contributed by atoms with Crippen LogP contribution < -0.4 is 10.0 Å². The zero-order chi connectivity index (χ0) is 24.0. The summed E-state index contributed by atoms with van der Waals surface area (Å²) >= 11 is 11.9. The Morgan fingerprint density at radius 1 is 0.909 bits per heavy atom. The maximum absolute atomic E-state index is 12.7. The lowest BCUT2D eigenvalue weighted by molar-refractivity contribution is -0.138. The summed E-state index contributed by atoms with van der Waals surface area (Å²) in [4.78, 5) is 23.8. The summed E-state index contributed by atoms with van der Waals surface area (Å²) in [5.74, 6) is -1.68. The molecule has 1 atom stereocenters. The highest BCUT2D eigenvalue weighted by Crippen LogP contribution is 2.21. The first-order valence-corrected chi connectivity index (χ1v) is 12.0. The summed E-state index contributed by atoms with van der Waals surface area (Å²) in [6.45, 7) is 0.136. The van der Waals surface area contributed by atoms with Gasteiger partial charge in [0.2, 0.25) is 10.0 Å². The van der Waals surface area contributed by atoms with Crippen molar-refractivity contribution in [2.75, 3.05) is 0 Å². The van der Waals surface area contributed by atoms with Gasteiger partial charge < -0.3 is 10.4 Å². The number of rotatable bonds is 9. The maximum Gasteiger partial charge on any atom is 0.322 e. The highest BCUT2D eigenvalue weighted by Gasteiger charge is 2.25. The van der Waals surface area contributed by atoms with E-state index in [2.05, 4.69) is 10.0 Å². The minimum Gasteiger partial charge on any atom is -0.480 e. The fourth-order valence-corrected chi connectivity index (χ4v) is 4.71. The molecule has 7 nitrogen and oxygen atoms in total. The Morgan fingerprint density at radius 3 is 2.18 bits per heavy atom. The molecule has 0 spiro atoms. The molecule has 10 heteroatoms. The van der Waals surface area contributed by atoms with Gasteiger partial charge in [-0.25, -0.2) is 8.42 Å². The first-order chi connectivity index (χ1) is 15.7. The molecule has 0 bridgehead atoms. The molecule has 0 heterocycles. The second kappa shape index (κ2) is 10.8. The molecule has 0 aromatic heterocycles. The Balaban J connectivity index is 1.65. The Kier molecular flexibility index (Phi) is 8.10. The second-order valence-corrected chi connectivity index (χ2v) is 9.71. The predicted molar refractivity (Wildman–Crippen MR) is 126 cm³/mol. The highest BCUT2D eigenvalue weighted by molar-refractivity contribution is 7.89. The van der Waals surface area contributed by atoms with Crippen LogP contribution in [-0.4, -0.2) is 31.4 Å². The zero-order valence-corrected chi connectivity index (χ0v) is 19.5. The van der Waals surface area contributed by atoms with Crippen LogP contribution in [0.1, 0.15) is 21.5 Å². The molecule has 3 N–H and O–H groups in total. The van der Waals surface area contributed by atoms with E-state index in [0.717, 1.165) is 0 Å². The van der Waals surface area contributed by atoms with Crippen LogP contribution in [0.2, 0.25) is 10.0 Å². The van der Waals surface area contributed by atoms with Crippen molar-refractivity contribution < 1.29 is 23.1 Å². The number of halogens is 2. The van der Waals surface area contributed by atoms with Crippen LogP contribution in [-0.2, 0) is 27.8 Å². The minimum absolute atomic E-state index is 0.00672. The molecule has 0 fully saturated rings. The normalized spacial score (nSPS) is 12.2. The summed E-state index contributed by atoms with van der Waals surface area (Å²) in [6, 6.07) is 17.7. The number of carbonyl (C=O) groups is 2. The minimum atomic E-state index is -4.07. The van der Waals surface area contributed by atoms with Crippen LogP contribution >= 0.6 is 23.2 Å². The molecule has 172 valence electrons. The van der Waals surface area contributed by atoms with Crippen molar-refractivity contribution in [3.8, 4) is 0 Å². The summed E-state index contributed by atoms with van der Waals surface area (Å²) in [7, 11) is -4.07. The Bertz CT molecular complexity index is 1250. The van der Waals surface area contributed by atoms with Crippen molar-refractivity contribution in [1.29, 1.82) is 0 Å². The predicted octanol–water partition coefficient (Wildman–Crippen LogP) is 3.90. The molecule has 0 saturated heterocycles. The number of carbonyl (C=O) groups excluding carboxylic acids is 1. The van der Waals surface area contributed by atoms with E-state index in [1.165, 1.54) is 36.4 Å². The van der Waals surface area contributed by atoms with E-state index in [9.17, 15) is 23.1 Å². The SMILES string of the molecule is O=C(NCc1ccc(S(=O)(=O)N[C@@H](Cc2ccccc2)C(=O)O)cc1)c1ccc(Cl)cc1Cl. The standard InChI is InChI=1S/C23H20Cl2N2O5S/c24-17-8-11-19(20(25)13-17)22(28)26-14-16-6-9-18(10-7-16)33(31,32)27-21(23(29)30)12-15-4-2-1-3-5-15/h1-11,13,21,27H,12,14H2,(H,26,28)(H,29,30)/t21-/m0/s1. The smallest absolute Gasteiger partial charge is 0.322 e. The average molecular weight is 507 g/mol. The van der Waals surface area contributed by atoms with Gasteiger partial charge in [-0.05, 0) is 47.9 Å². The summed E-state index contributed by atoms with van der Waals surface area (Å²) in [6.07, 6.45) is 0.00672. The molecule has 0 saturated carbocycles. The van der Waals surface area contributed by atoms with E-state index >= 15 is 0 Å². The quantitative estimate of drug-likeness (QED) is 0.407. The van der Waals surface area contributed by atoms with Crippen LogP contribution in [0.5, 0.6) is 0 Å². The fourth-order valence-electron chi connectivity index (χ4n) is 3.02. The van der Waals surface area contributed by atoms with Gasteiger partial charge in [0.15, 0.2) is 0 Å². The fraction of sp³-hybridized carbons (Fsp3) is 0.130. The topological polar surface area (TPSA) is 113 Å². The van der Waals surface area contributed by atoms with E-state index in [1.807, 2.05) is 0 Å². The number of benzene rings is 3. The third-order valence-electron chi connectivity index (χ3n) is 4.74. The van der Waals surface area contributed by atoms with E-state index in [-0.39, 0.29) is 28.4 Å². The van der Waals surface area contributed by atoms with Gasteiger partial charge in [-0.3, -0.25) is 9.59 Å². The number of amides is 1. The Hall–Kier alpha value is -2.91. The number of carboxylic acids is 1. The highest BCUT2D eigenvalue weighted by atomic mass is 35.5. The molecule has 33 heavy (non-hydrogen) atoms. The van der Waals surface area contributed by atoms with Gasteiger partial charge in [-0.15, -0.1) is 0 Å². The van der Waals surface area contributed by atoms with Crippen LogP contribution in [0.3, 0.4) is 0 Å². The number of hydrogen-bond acceptors (Lipinski definition) is 4. The molecule has 3 rings (SSSR count). The third kappa shape index (κ3) is 6.79. The van der Waals surface area contributed by atoms with E-state index < -0.39 is 27.9 Å². The first-order valence-electron chi connectivity index (χ1n) is 9.77. The van der Waals surface area contributed by atoms with E-state index in [0.29, 0.717) is 16.1 Å². The van der Waals surface area contributed by atoms with Gasteiger partial charge in [0.05, 0.1) is 15.5 Å².